The molecule has 0 radical (unpaired) electrons. The molecule has 1 unspecified atom stereocenters. The molecule has 2 aromatic rings. The quantitative estimate of drug-likeness (QED) is 0.752. The number of nitrogens with zero attached hydrogens (tertiary/aromatic N) is 3. The van der Waals surface area contributed by atoms with Crippen molar-refractivity contribution in [3.05, 3.63) is 53.2 Å². The number of hydrogen-bond acceptors (Lipinski definition) is 5. The lowest BCUT2D eigenvalue weighted by Gasteiger charge is -2.33. The van der Waals surface area contributed by atoms with E-state index in [-0.39, 0.29) is 24.1 Å². The van der Waals surface area contributed by atoms with Gasteiger partial charge in [-0.15, -0.1) is 0 Å². The zero-order valence-corrected chi connectivity index (χ0v) is 18.3. The maximum atomic E-state index is 12.9. The van der Waals surface area contributed by atoms with Crippen LogP contribution in [0.5, 0.6) is 0 Å². The average Bonchev–Trinajstić information content (AvgIpc) is 3.11. The molecule has 2 atom stereocenters. The third-order valence-corrected chi connectivity index (χ3v) is 6.97. The maximum Gasteiger partial charge on any atom is 0.255 e. The first-order valence-corrected chi connectivity index (χ1v) is 11.5. The molecule has 1 aromatic carbocycles. The van der Waals surface area contributed by atoms with Crippen LogP contribution in [0.3, 0.4) is 0 Å². The molecule has 0 aliphatic carbocycles. The molecule has 0 bridgehead atoms. The summed E-state index contributed by atoms with van der Waals surface area (Å²) < 4.78 is 0. The van der Waals surface area contributed by atoms with Crippen molar-refractivity contribution in [2.45, 2.75) is 64.2 Å². The molecular formula is C25H28N4O3. The van der Waals surface area contributed by atoms with Crippen LogP contribution in [0.25, 0.3) is 11.3 Å². The number of fused-ring (bicyclic) bond motifs is 1. The van der Waals surface area contributed by atoms with E-state index < -0.39 is 6.04 Å². The van der Waals surface area contributed by atoms with Crippen molar-refractivity contribution >= 4 is 17.7 Å². The molecule has 5 rings (SSSR count). The number of likely N-dealkylation sites (tertiary alicyclic amines) is 1. The molecule has 1 N–H and O–H groups in total. The third-order valence-electron chi connectivity index (χ3n) is 6.97. The van der Waals surface area contributed by atoms with E-state index in [0.717, 1.165) is 29.9 Å². The van der Waals surface area contributed by atoms with Gasteiger partial charge in [-0.25, -0.2) is 0 Å². The van der Waals surface area contributed by atoms with E-state index in [9.17, 15) is 14.4 Å². The van der Waals surface area contributed by atoms with Gasteiger partial charge in [-0.2, -0.15) is 0 Å². The van der Waals surface area contributed by atoms with E-state index in [1.807, 2.05) is 24.4 Å². The molecule has 1 aromatic heterocycles. The number of nitrogens with one attached hydrogen (secondary N) is 1. The van der Waals surface area contributed by atoms with Gasteiger partial charge in [-0.05, 0) is 68.1 Å². The molecule has 166 valence electrons. The highest BCUT2D eigenvalue weighted by Crippen LogP contribution is 2.31. The Morgan fingerprint density at radius 3 is 2.78 bits per heavy atom. The van der Waals surface area contributed by atoms with Crippen LogP contribution in [0.4, 0.5) is 0 Å². The molecule has 4 heterocycles. The summed E-state index contributed by atoms with van der Waals surface area (Å²) in [6, 6.07) is 9.99. The lowest BCUT2D eigenvalue weighted by molar-refractivity contribution is -0.136. The monoisotopic (exact) mass is 432 g/mol. The van der Waals surface area contributed by atoms with E-state index >= 15 is 0 Å². The van der Waals surface area contributed by atoms with E-state index in [4.69, 9.17) is 0 Å². The number of rotatable bonds is 4. The van der Waals surface area contributed by atoms with Gasteiger partial charge in [-0.3, -0.25) is 29.6 Å². The lowest BCUT2D eigenvalue weighted by atomic mass is 10.0. The maximum absolute atomic E-state index is 12.9. The van der Waals surface area contributed by atoms with Gasteiger partial charge in [-0.1, -0.05) is 12.5 Å². The number of hydrogen-bond donors (Lipinski definition) is 1. The van der Waals surface area contributed by atoms with E-state index in [1.165, 1.54) is 24.8 Å². The zero-order chi connectivity index (χ0) is 22.2. The second-order valence-corrected chi connectivity index (χ2v) is 9.14. The number of carbonyl (C=O) groups is 3. The molecule has 0 saturated carbocycles. The van der Waals surface area contributed by atoms with Gasteiger partial charge in [0.2, 0.25) is 11.8 Å². The van der Waals surface area contributed by atoms with Gasteiger partial charge < -0.3 is 4.90 Å². The summed E-state index contributed by atoms with van der Waals surface area (Å²) in [5.41, 5.74) is 4.62. The number of carbonyl (C=O) groups excluding carboxylic acids is 3. The highest BCUT2D eigenvalue weighted by Gasteiger charge is 2.39. The molecule has 7 heteroatoms. The Morgan fingerprint density at radius 2 is 1.97 bits per heavy atom. The van der Waals surface area contributed by atoms with Crippen molar-refractivity contribution in [1.29, 1.82) is 0 Å². The average molecular weight is 433 g/mol. The molecule has 0 spiro atoms. The number of amides is 3. The van der Waals surface area contributed by atoms with Crippen molar-refractivity contribution < 1.29 is 14.4 Å². The molecule has 3 aliphatic heterocycles. The van der Waals surface area contributed by atoms with Crippen molar-refractivity contribution in [3.8, 4) is 11.3 Å². The molecular weight excluding hydrogens is 404 g/mol. The van der Waals surface area contributed by atoms with Crippen LogP contribution in [0.15, 0.2) is 36.5 Å². The number of aromatic nitrogens is 1. The van der Waals surface area contributed by atoms with E-state index in [0.29, 0.717) is 24.6 Å². The zero-order valence-electron chi connectivity index (χ0n) is 18.3. The predicted octanol–water partition coefficient (Wildman–Crippen LogP) is 2.88. The molecule has 3 amide bonds. The van der Waals surface area contributed by atoms with Crippen LogP contribution in [0.1, 0.15) is 60.5 Å². The van der Waals surface area contributed by atoms with Crippen LogP contribution in [0, 0.1) is 0 Å². The molecule has 3 aliphatic rings. The Kier molecular flexibility index (Phi) is 5.51. The summed E-state index contributed by atoms with van der Waals surface area (Å²) in [4.78, 5) is 45.3. The molecule has 7 nitrogen and oxygen atoms in total. The number of pyridine rings is 1. The van der Waals surface area contributed by atoms with Crippen LogP contribution in [-0.2, 0) is 22.7 Å². The largest absolute Gasteiger partial charge is 0.322 e. The van der Waals surface area contributed by atoms with Crippen LogP contribution < -0.4 is 5.32 Å². The van der Waals surface area contributed by atoms with Crippen LogP contribution in [-0.4, -0.2) is 51.1 Å². The SMILES string of the molecule is C[C@H]1CCCCN1Cc1ccnc(-c2ccc3c(c2)CN(C2CCC(=O)NC2=O)C3=O)c1. The first-order valence-electron chi connectivity index (χ1n) is 11.5. The molecule has 32 heavy (non-hydrogen) atoms. The highest BCUT2D eigenvalue weighted by atomic mass is 16.2. The van der Waals surface area contributed by atoms with Crippen LogP contribution >= 0.6 is 0 Å². The summed E-state index contributed by atoms with van der Waals surface area (Å²) in [7, 11) is 0. The van der Waals surface area contributed by atoms with Crippen molar-refractivity contribution in [3.63, 3.8) is 0 Å². The van der Waals surface area contributed by atoms with Gasteiger partial charge in [0, 0.05) is 42.9 Å². The Hall–Kier alpha value is -3.06. The number of piperidine rings is 2. The van der Waals surface area contributed by atoms with Gasteiger partial charge in [0.05, 0.1) is 5.69 Å². The number of benzene rings is 1. The lowest BCUT2D eigenvalue weighted by Crippen LogP contribution is -2.52. The molecule has 2 saturated heterocycles. The smallest absolute Gasteiger partial charge is 0.255 e. The minimum atomic E-state index is -0.593. The van der Waals surface area contributed by atoms with Gasteiger partial charge in [0.15, 0.2) is 0 Å². The fourth-order valence-electron chi connectivity index (χ4n) is 5.09. The summed E-state index contributed by atoms with van der Waals surface area (Å²) in [5.74, 6) is -0.812. The second kappa shape index (κ2) is 8.47. The minimum absolute atomic E-state index is 0.151. The van der Waals surface area contributed by atoms with Gasteiger partial charge in [0.25, 0.3) is 5.91 Å². The Labute approximate surface area is 187 Å². The Bertz CT molecular complexity index is 1080. The fraction of sp³-hybridized carbons (Fsp3) is 0.440. The van der Waals surface area contributed by atoms with Gasteiger partial charge >= 0.3 is 0 Å². The highest BCUT2D eigenvalue weighted by molar-refractivity contribution is 6.05. The normalized spacial score (nSPS) is 23.9. The second-order valence-electron chi connectivity index (χ2n) is 9.14. The fourth-order valence-corrected chi connectivity index (χ4v) is 5.09. The number of imide groups is 1. The van der Waals surface area contributed by atoms with Crippen LogP contribution in [0.2, 0.25) is 0 Å². The topological polar surface area (TPSA) is 82.6 Å². The summed E-state index contributed by atoms with van der Waals surface area (Å²) >= 11 is 0. The minimum Gasteiger partial charge on any atom is -0.322 e. The first-order chi connectivity index (χ1) is 15.5. The standard InChI is InChI=1S/C25H28N4O3/c1-16-4-2-3-11-28(16)14-17-9-10-26-21(12-17)18-5-6-20-19(13-18)15-29(25(20)32)22-7-8-23(30)27-24(22)31/h5-6,9-10,12-13,16,22H,2-4,7-8,11,14-15H2,1H3,(H,27,30,31)/t16-,22?/m0/s1. The molecule has 2 fully saturated rings. The van der Waals surface area contributed by atoms with Crippen molar-refractivity contribution in [1.82, 2.24) is 20.1 Å². The Morgan fingerprint density at radius 1 is 1.09 bits per heavy atom. The predicted molar refractivity (Wildman–Crippen MR) is 119 cm³/mol. The summed E-state index contributed by atoms with van der Waals surface area (Å²) in [6.45, 7) is 4.73. The summed E-state index contributed by atoms with van der Waals surface area (Å²) in [5, 5.41) is 2.35. The van der Waals surface area contributed by atoms with E-state index in [2.05, 4.69) is 34.3 Å². The van der Waals surface area contributed by atoms with Crippen molar-refractivity contribution in [2.24, 2.45) is 0 Å². The van der Waals surface area contributed by atoms with Gasteiger partial charge in [0.1, 0.15) is 6.04 Å². The third kappa shape index (κ3) is 3.93. The van der Waals surface area contributed by atoms with Crippen molar-refractivity contribution in [2.75, 3.05) is 6.54 Å². The first kappa shape index (κ1) is 20.8. The summed E-state index contributed by atoms with van der Waals surface area (Å²) in [6.07, 6.45) is 6.30. The van der Waals surface area contributed by atoms with E-state index in [1.54, 1.807) is 4.90 Å². The Balaban J connectivity index is 1.35.